The van der Waals surface area contributed by atoms with E-state index in [9.17, 15) is 0 Å². The van der Waals surface area contributed by atoms with E-state index in [-0.39, 0.29) is 0 Å². The average molecular weight is 302 g/mol. The van der Waals surface area contributed by atoms with Crippen LogP contribution in [0.25, 0.3) is 0 Å². The maximum atomic E-state index is 5.05. The molecule has 0 aliphatic carbocycles. The Hall–Kier alpha value is -1.88. The number of nitrogens with zero attached hydrogens (tertiary/aromatic N) is 2. The van der Waals surface area contributed by atoms with Gasteiger partial charge in [0.2, 0.25) is 0 Å². The smallest absolute Gasteiger partial charge is 0.187 e. The second-order valence-corrected chi connectivity index (χ2v) is 5.42. The van der Waals surface area contributed by atoms with E-state index in [1.54, 1.807) is 12.3 Å². The number of hydrazone groups is 1. The van der Waals surface area contributed by atoms with Gasteiger partial charge in [-0.15, -0.1) is 6.58 Å². The van der Waals surface area contributed by atoms with E-state index < -0.39 is 0 Å². The van der Waals surface area contributed by atoms with Crippen molar-refractivity contribution in [3.8, 4) is 0 Å². The summed E-state index contributed by atoms with van der Waals surface area (Å²) >= 11 is 5.05. The van der Waals surface area contributed by atoms with E-state index in [1.807, 2.05) is 0 Å². The van der Waals surface area contributed by atoms with Gasteiger partial charge in [-0.1, -0.05) is 18.2 Å². The second-order valence-electron chi connectivity index (χ2n) is 5.01. The molecule has 0 aromatic heterocycles. The van der Waals surface area contributed by atoms with Crippen molar-refractivity contribution >= 4 is 29.2 Å². The first-order valence-electron chi connectivity index (χ1n) is 7.32. The molecule has 112 valence electrons. The standard InChI is InChI=1S/C16H22N4S/c1-2-10-17-16(21)19-18-13-14-6-8-15(9-7-14)20-11-4-3-5-12-20/h2,6-9,13H,1,3-5,10-12H2,(H2,17,19,21)/b18-13-. The van der Waals surface area contributed by atoms with Crippen molar-refractivity contribution in [2.75, 3.05) is 24.5 Å². The third-order valence-corrected chi connectivity index (χ3v) is 3.64. The molecule has 0 radical (unpaired) electrons. The molecular formula is C16H22N4S. The molecule has 1 aromatic rings. The Morgan fingerprint density at radius 3 is 2.62 bits per heavy atom. The molecular weight excluding hydrogens is 280 g/mol. The van der Waals surface area contributed by atoms with Crippen molar-refractivity contribution in [1.29, 1.82) is 0 Å². The largest absolute Gasteiger partial charge is 0.372 e. The van der Waals surface area contributed by atoms with Gasteiger partial charge in [-0.2, -0.15) is 5.10 Å². The van der Waals surface area contributed by atoms with Gasteiger partial charge in [0.15, 0.2) is 5.11 Å². The van der Waals surface area contributed by atoms with Gasteiger partial charge < -0.3 is 10.2 Å². The maximum absolute atomic E-state index is 5.05. The van der Waals surface area contributed by atoms with E-state index in [0.717, 1.165) is 18.7 Å². The van der Waals surface area contributed by atoms with Crippen molar-refractivity contribution in [2.45, 2.75) is 19.3 Å². The average Bonchev–Trinajstić information content (AvgIpc) is 2.54. The zero-order valence-corrected chi connectivity index (χ0v) is 13.0. The normalized spacial score (nSPS) is 15.0. The first kappa shape index (κ1) is 15.5. The molecule has 1 aliphatic rings. The van der Waals surface area contributed by atoms with E-state index >= 15 is 0 Å². The summed E-state index contributed by atoms with van der Waals surface area (Å²) in [5, 5.41) is 7.56. The monoisotopic (exact) mass is 302 g/mol. The van der Waals surface area contributed by atoms with Gasteiger partial charge in [0.25, 0.3) is 0 Å². The lowest BCUT2D eigenvalue weighted by Crippen LogP contribution is -2.31. The topological polar surface area (TPSA) is 39.7 Å². The molecule has 1 fully saturated rings. The molecule has 0 bridgehead atoms. The van der Waals surface area contributed by atoms with Gasteiger partial charge in [-0.25, -0.2) is 0 Å². The third kappa shape index (κ3) is 5.19. The van der Waals surface area contributed by atoms with E-state index in [2.05, 4.69) is 51.6 Å². The SMILES string of the molecule is C=CCNC(=S)N/N=C\c1ccc(N2CCCCC2)cc1. The third-order valence-electron chi connectivity index (χ3n) is 3.40. The lowest BCUT2D eigenvalue weighted by molar-refractivity contribution is 0.578. The number of piperidine rings is 1. The van der Waals surface area contributed by atoms with E-state index in [4.69, 9.17) is 12.2 Å². The zero-order valence-electron chi connectivity index (χ0n) is 12.2. The number of hydrogen-bond donors (Lipinski definition) is 2. The predicted octanol–water partition coefficient (Wildman–Crippen LogP) is 2.66. The van der Waals surface area contributed by atoms with Gasteiger partial charge in [0.1, 0.15) is 0 Å². The fourth-order valence-electron chi connectivity index (χ4n) is 2.29. The van der Waals surface area contributed by atoms with Crippen LogP contribution >= 0.6 is 12.2 Å². The van der Waals surface area contributed by atoms with Crippen molar-refractivity contribution < 1.29 is 0 Å². The predicted molar refractivity (Wildman–Crippen MR) is 94.0 cm³/mol. The van der Waals surface area contributed by atoms with E-state index in [1.165, 1.54) is 24.9 Å². The minimum atomic E-state index is 0.496. The Labute approximate surface area is 131 Å². The molecule has 0 spiro atoms. The number of anilines is 1. The Bertz CT molecular complexity index is 490. The lowest BCUT2D eigenvalue weighted by Gasteiger charge is -2.28. The van der Waals surface area contributed by atoms with Crippen LogP contribution in [0.2, 0.25) is 0 Å². The van der Waals surface area contributed by atoms with E-state index in [0.29, 0.717) is 11.7 Å². The first-order valence-corrected chi connectivity index (χ1v) is 7.73. The van der Waals surface area contributed by atoms with Crippen LogP contribution in [0.5, 0.6) is 0 Å². The van der Waals surface area contributed by atoms with Crippen molar-refractivity contribution in [2.24, 2.45) is 5.10 Å². The van der Waals surface area contributed by atoms with Crippen LogP contribution < -0.4 is 15.6 Å². The Balaban J connectivity index is 1.84. The summed E-state index contributed by atoms with van der Waals surface area (Å²) < 4.78 is 0. The Morgan fingerprint density at radius 1 is 1.24 bits per heavy atom. The fraction of sp³-hybridized carbons (Fsp3) is 0.375. The summed E-state index contributed by atoms with van der Waals surface area (Å²) in [6.45, 7) is 6.58. The molecule has 4 nitrogen and oxygen atoms in total. The highest BCUT2D eigenvalue weighted by atomic mass is 32.1. The van der Waals surface area contributed by atoms with Crippen LogP contribution in [0.15, 0.2) is 42.0 Å². The molecule has 1 aliphatic heterocycles. The van der Waals surface area contributed by atoms with Crippen molar-refractivity contribution in [3.05, 3.63) is 42.5 Å². The minimum absolute atomic E-state index is 0.496. The second kappa shape index (κ2) is 8.42. The summed E-state index contributed by atoms with van der Waals surface area (Å²) in [4.78, 5) is 2.44. The van der Waals surface area contributed by atoms with Crippen LogP contribution in [-0.4, -0.2) is 31.0 Å². The van der Waals surface area contributed by atoms with Crippen molar-refractivity contribution in [3.63, 3.8) is 0 Å². The number of rotatable bonds is 5. The fourth-order valence-corrected chi connectivity index (χ4v) is 2.43. The molecule has 0 saturated carbocycles. The molecule has 0 unspecified atom stereocenters. The number of hydrogen-bond acceptors (Lipinski definition) is 3. The number of benzene rings is 1. The van der Waals surface area contributed by atoms with Crippen LogP contribution in [0.3, 0.4) is 0 Å². The molecule has 0 amide bonds. The minimum Gasteiger partial charge on any atom is -0.372 e. The zero-order chi connectivity index (χ0) is 14.9. The maximum Gasteiger partial charge on any atom is 0.187 e. The summed E-state index contributed by atoms with van der Waals surface area (Å²) in [7, 11) is 0. The number of thiocarbonyl (C=S) groups is 1. The molecule has 5 heteroatoms. The highest BCUT2D eigenvalue weighted by molar-refractivity contribution is 7.80. The van der Waals surface area contributed by atoms with Gasteiger partial charge in [0, 0.05) is 25.3 Å². The van der Waals surface area contributed by atoms with Crippen LogP contribution in [0.1, 0.15) is 24.8 Å². The van der Waals surface area contributed by atoms with Gasteiger partial charge in [-0.05, 0) is 49.2 Å². The summed E-state index contributed by atoms with van der Waals surface area (Å²) in [5.74, 6) is 0. The molecule has 2 rings (SSSR count). The summed E-state index contributed by atoms with van der Waals surface area (Å²) in [5.41, 5.74) is 5.12. The molecule has 1 saturated heterocycles. The molecule has 1 aromatic carbocycles. The number of nitrogens with one attached hydrogen (secondary N) is 2. The highest BCUT2D eigenvalue weighted by Crippen LogP contribution is 2.19. The van der Waals surface area contributed by atoms with Gasteiger partial charge in [0.05, 0.1) is 6.21 Å². The van der Waals surface area contributed by atoms with Gasteiger partial charge >= 0.3 is 0 Å². The molecule has 2 N–H and O–H groups in total. The van der Waals surface area contributed by atoms with Crippen LogP contribution in [0, 0.1) is 0 Å². The first-order chi connectivity index (χ1) is 10.3. The summed E-state index contributed by atoms with van der Waals surface area (Å²) in [6, 6.07) is 8.46. The molecule has 1 heterocycles. The quantitative estimate of drug-likeness (QED) is 0.380. The highest BCUT2D eigenvalue weighted by Gasteiger charge is 2.09. The summed E-state index contributed by atoms with van der Waals surface area (Å²) in [6.07, 6.45) is 7.45. The Kier molecular flexibility index (Phi) is 6.22. The Morgan fingerprint density at radius 2 is 1.95 bits per heavy atom. The molecule has 0 atom stereocenters. The van der Waals surface area contributed by atoms with Crippen molar-refractivity contribution in [1.82, 2.24) is 10.7 Å². The van der Waals surface area contributed by atoms with Gasteiger partial charge in [-0.3, -0.25) is 5.43 Å². The lowest BCUT2D eigenvalue weighted by atomic mass is 10.1. The van der Waals surface area contributed by atoms with Crippen LogP contribution in [0.4, 0.5) is 5.69 Å². The molecule has 21 heavy (non-hydrogen) atoms. The van der Waals surface area contributed by atoms with Crippen LogP contribution in [-0.2, 0) is 0 Å².